The Balaban J connectivity index is 1.91. The smallest absolute Gasteiger partial charge is 0.336 e. The monoisotopic (exact) mass is 443 g/mol. The van der Waals surface area contributed by atoms with Crippen LogP contribution in [-0.2, 0) is 14.4 Å². The van der Waals surface area contributed by atoms with E-state index < -0.39 is 17.6 Å². The Bertz CT molecular complexity index is 1060. The highest BCUT2D eigenvalue weighted by Gasteiger charge is 2.19. The predicted octanol–water partition coefficient (Wildman–Crippen LogP) is 2.68. The zero-order chi connectivity index (χ0) is 23.7. The Kier molecular flexibility index (Phi) is 9.00. The third kappa shape index (κ3) is 7.90. The average Bonchev–Trinajstić information content (AvgIpc) is 2.70. The molecule has 4 N–H and O–H groups in total. The second-order valence-corrected chi connectivity index (χ2v) is 7.62. The number of carboxylic acids is 1. The van der Waals surface area contributed by atoms with Crippen LogP contribution >= 0.6 is 0 Å². The van der Waals surface area contributed by atoms with Crippen LogP contribution in [0.2, 0.25) is 0 Å². The molecule has 32 heavy (non-hydrogen) atoms. The first kappa shape index (κ1) is 24.6. The Morgan fingerprint density at radius 1 is 1.16 bits per heavy atom. The van der Waals surface area contributed by atoms with E-state index in [0.717, 1.165) is 17.4 Å². The molecule has 1 aromatic heterocycles. The number of allylic oxidation sites excluding steroid dienone is 1. The largest absolute Gasteiger partial charge is 0.481 e. The molecule has 0 radical (unpaired) electrons. The molecule has 9 nitrogen and oxygen atoms in total. The summed E-state index contributed by atoms with van der Waals surface area (Å²) >= 11 is 0. The summed E-state index contributed by atoms with van der Waals surface area (Å²) in [7, 11) is 0. The molecule has 1 heterocycles. The Labute approximate surface area is 185 Å². The molecule has 0 bridgehead atoms. The van der Waals surface area contributed by atoms with Gasteiger partial charge in [0.25, 0.3) is 0 Å². The number of amides is 2. The second-order valence-electron chi connectivity index (χ2n) is 7.62. The lowest BCUT2D eigenvalue weighted by Gasteiger charge is -2.18. The normalized spacial score (nSPS) is 11.6. The van der Waals surface area contributed by atoms with Gasteiger partial charge in [0.15, 0.2) is 0 Å². The van der Waals surface area contributed by atoms with Crippen molar-refractivity contribution in [3.63, 3.8) is 0 Å². The maximum atomic E-state index is 12.7. The van der Waals surface area contributed by atoms with Gasteiger partial charge in [-0.05, 0) is 50.3 Å². The van der Waals surface area contributed by atoms with Crippen molar-refractivity contribution in [3.05, 3.63) is 52.5 Å². The molecule has 0 saturated carbocycles. The number of hydrogen-bond donors (Lipinski definition) is 4. The summed E-state index contributed by atoms with van der Waals surface area (Å²) in [5, 5.41) is 17.9. The SMILES string of the molecule is C=C(CCC(=O)O)NCCCC[C@H](NC(C)=O)C(=O)Nc1ccc2c(C)cc(=O)oc2c1. The number of carbonyl (C=O) groups excluding carboxylic acids is 2. The molecule has 1 aromatic carbocycles. The fourth-order valence-electron chi connectivity index (χ4n) is 3.23. The van der Waals surface area contributed by atoms with E-state index in [-0.39, 0.29) is 18.2 Å². The molecule has 172 valence electrons. The summed E-state index contributed by atoms with van der Waals surface area (Å²) < 4.78 is 5.21. The summed E-state index contributed by atoms with van der Waals surface area (Å²) in [5.74, 6) is -1.56. The first-order chi connectivity index (χ1) is 15.2. The van der Waals surface area contributed by atoms with Gasteiger partial charge in [-0.1, -0.05) is 6.58 Å². The number of hydrogen-bond acceptors (Lipinski definition) is 6. The number of nitrogens with one attached hydrogen (secondary N) is 3. The number of unbranched alkanes of at least 4 members (excludes halogenated alkanes) is 1. The number of aryl methyl sites for hydroxylation is 1. The van der Waals surface area contributed by atoms with Gasteiger partial charge in [0.1, 0.15) is 11.6 Å². The Morgan fingerprint density at radius 3 is 2.59 bits per heavy atom. The fourth-order valence-corrected chi connectivity index (χ4v) is 3.23. The number of fused-ring (bicyclic) bond motifs is 1. The van der Waals surface area contributed by atoms with E-state index in [4.69, 9.17) is 9.52 Å². The van der Waals surface area contributed by atoms with Gasteiger partial charge in [-0.2, -0.15) is 0 Å². The van der Waals surface area contributed by atoms with Gasteiger partial charge in [-0.3, -0.25) is 14.4 Å². The molecular formula is C23H29N3O6. The van der Waals surface area contributed by atoms with Crippen molar-refractivity contribution in [2.45, 2.75) is 52.0 Å². The quantitative estimate of drug-likeness (QED) is 0.292. The second kappa shape index (κ2) is 11.7. The maximum Gasteiger partial charge on any atom is 0.336 e. The number of carboxylic acid groups (broad SMARTS) is 1. The van der Waals surface area contributed by atoms with Crippen LogP contribution in [0, 0.1) is 6.92 Å². The zero-order valence-corrected chi connectivity index (χ0v) is 18.3. The van der Waals surface area contributed by atoms with Gasteiger partial charge in [-0.25, -0.2) is 4.79 Å². The Morgan fingerprint density at radius 2 is 1.91 bits per heavy atom. The first-order valence-electron chi connectivity index (χ1n) is 10.4. The molecule has 2 rings (SSSR count). The van der Waals surface area contributed by atoms with Crippen LogP contribution < -0.4 is 21.6 Å². The molecule has 2 aromatic rings. The fraction of sp³-hybridized carbons (Fsp3) is 0.391. The molecule has 0 aliphatic heterocycles. The average molecular weight is 444 g/mol. The van der Waals surface area contributed by atoms with E-state index >= 15 is 0 Å². The number of aliphatic carboxylic acids is 1. The van der Waals surface area contributed by atoms with Crippen LogP contribution in [0.3, 0.4) is 0 Å². The van der Waals surface area contributed by atoms with E-state index in [9.17, 15) is 19.2 Å². The van der Waals surface area contributed by atoms with E-state index in [1.54, 1.807) is 25.1 Å². The predicted molar refractivity (Wildman–Crippen MR) is 121 cm³/mol. The van der Waals surface area contributed by atoms with Gasteiger partial charge in [-0.15, -0.1) is 0 Å². The lowest BCUT2D eigenvalue weighted by molar-refractivity contribution is -0.137. The lowest BCUT2D eigenvalue weighted by Crippen LogP contribution is -2.42. The minimum absolute atomic E-state index is 0.0222. The number of carbonyl (C=O) groups is 3. The third-order valence-electron chi connectivity index (χ3n) is 4.85. The summed E-state index contributed by atoms with van der Waals surface area (Å²) in [6.45, 7) is 7.53. The highest BCUT2D eigenvalue weighted by molar-refractivity contribution is 5.98. The first-order valence-corrected chi connectivity index (χ1v) is 10.4. The molecule has 0 aliphatic rings. The summed E-state index contributed by atoms with van der Waals surface area (Å²) in [6.07, 6.45) is 2.18. The van der Waals surface area contributed by atoms with Crippen LogP contribution in [0.25, 0.3) is 11.0 Å². The number of benzene rings is 1. The van der Waals surface area contributed by atoms with E-state index in [1.807, 2.05) is 0 Å². The molecule has 0 unspecified atom stereocenters. The van der Waals surface area contributed by atoms with Crippen LogP contribution in [-0.4, -0.2) is 35.5 Å². The van der Waals surface area contributed by atoms with Gasteiger partial charge >= 0.3 is 11.6 Å². The van der Waals surface area contributed by atoms with Crippen LogP contribution in [0.5, 0.6) is 0 Å². The van der Waals surface area contributed by atoms with Gasteiger partial charge in [0.2, 0.25) is 11.8 Å². The number of rotatable bonds is 12. The van der Waals surface area contributed by atoms with Crippen molar-refractivity contribution < 1.29 is 23.9 Å². The molecule has 9 heteroatoms. The molecule has 0 aliphatic carbocycles. The molecular weight excluding hydrogens is 414 g/mol. The summed E-state index contributed by atoms with van der Waals surface area (Å²) in [5.41, 5.74) is 1.81. The lowest BCUT2D eigenvalue weighted by atomic mass is 10.1. The molecule has 1 atom stereocenters. The van der Waals surface area contributed by atoms with Crippen molar-refractivity contribution in [2.24, 2.45) is 0 Å². The van der Waals surface area contributed by atoms with E-state index in [2.05, 4.69) is 22.5 Å². The molecule has 2 amide bonds. The zero-order valence-electron chi connectivity index (χ0n) is 18.3. The minimum Gasteiger partial charge on any atom is -0.481 e. The van der Waals surface area contributed by atoms with E-state index in [1.165, 1.54) is 13.0 Å². The molecule has 0 spiro atoms. The van der Waals surface area contributed by atoms with Crippen LogP contribution in [0.4, 0.5) is 5.69 Å². The summed E-state index contributed by atoms with van der Waals surface area (Å²) in [4.78, 5) is 46.5. The van der Waals surface area contributed by atoms with Crippen molar-refractivity contribution >= 4 is 34.4 Å². The van der Waals surface area contributed by atoms with Crippen molar-refractivity contribution in [2.75, 3.05) is 11.9 Å². The standard InChI is InChI=1S/C23H29N3O6/c1-14-12-22(30)32-20-13-17(8-9-18(14)20)26-23(31)19(25-16(3)27)6-4-5-11-24-15(2)7-10-21(28)29/h8-9,12-13,19,24H,2,4-7,10-11H2,1,3H3,(H,25,27)(H,26,31)(H,28,29)/t19-/m0/s1. The third-order valence-corrected chi connectivity index (χ3v) is 4.85. The highest BCUT2D eigenvalue weighted by Crippen LogP contribution is 2.21. The number of anilines is 1. The highest BCUT2D eigenvalue weighted by atomic mass is 16.4. The van der Waals surface area contributed by atoms with Crippen molar-refractivity contribution in [1.82, 2.24) is 10.6 Å². The topological polar surface area (TPSA) is 138 Å². The van der Waals surface area contributed by atoms with Crippen molar-refractivity contribution in [1.29, 1.82) is 0 Å². The molecule has 0 saturated heterocycles. The maximum absolute atomic E-state index is 12.7. The van der Waals surface area contributed by atoms with E-state index in [0.29, 0.717) is 42.8 Å². The minimum atomic E-state index is -0.874. The molecule has 0 fully saturated rings. The van der Waals surface area contributed by atoms with Crippen molar-refractivity contribution in [3.8, 4) is 0 Å². The Hall–Kier alpha value is -3.62. The van der Waals surface area contributed by atoms with Gasteiger partial charge in [0.05, 0.1) is 6.42 Å². The van der Waals surface area contributed by atoms with Crippen LogP contribution in [0.15, 0.2) is 45.8 Å². The van der Waals surface area contributed by atoms with Gasteiger partial charge in [0, 0.05) is 42.4 Å². The van der Waals surface area contributed by atoms with Crippen LogP contribution in [0.1, 0.15) is 44.6 Å². The summed E-state index contributed by atoms with van der Waals surface area (Å²) in [6, 6.07) is 5.75. The van der Waals surface area contributed by atoms with Gasteiger partial charge < -0.3 is 25.5 Å².